The Kier molecular flexibility index (Phi) is 2.77. The van der Waals surface area contributed by atoms with Crippen LogP contribution < -0.4 is 11.1 Å². The Bertz CT molecular complexity index is 367. The Labute approximate surface area is 90.2 Å². The molecular formula is C11H18N4. The lowest BCUT2D eigenvalue weighted by Gasteiger charge is -2.11. The van der Waals surface area contributed by atoms with E-state index < -0.39 is 0 Å². The van der Waals surface area contributed by atoms with Crippen molar-refractivity contribution in [1.29, 1.82) is 0 Å². The van der Waals surface area contributed by atoms with Crippen LogP contribution in [0, 0.1) is 12.8 Å². The van der Waals surface area contributed by atoms with Crippen molar-refractivity contribution in [3.8, 4) is 0 Å². The van der Waals surface area contributed by atoms with Crippen LogP contribution in [0.4, 0.5) is 5.82 Å². The molecular weight excluding hydrogens is 188 g/mol. The molecule has 0 aliphatic heterocycles. The third kappa shape index (κ3) is 2.39. The third-order valence-corrected chi connectivity index (χ3v) is 2.75. The van der Waals surface area contributed by atoms with Crippen LogP contribution in [-0.4, -0.2) is 22.4 Å². The van der Waals surface area contributed by atoms with Crippen LogP contribution in [0.25, 0.3) is 0 Å². The Morgan fingerprint density at radius 1 is 1.60 bits per heavy atom. The molecule has 0 amide bonds. The zero-order chi connectivity index (χ0) is 10.8. The number of hydrogen-bond donors (Lipinski definition) is 2. The van der Waals surface area contributed by atoms with Crippen LogP contribution in [0.15, 0.2) is 18.2 Å². The van der Waals surface area contributed by atoms with Crippen molar-refractivity contribution in [2.45, 2.75) is 19.4 Å². The van der Waals surface area contributed by atoms with Gasteiger partial charge in [0.25, 0.3) is 0 Å². The average Bonchev–Trinajstić information content (AvgIpc) is 2.70. The second-order valence-corrected chi connectivity index (χ2v) is 4.22. The lowest BCUT2D eigenvalue weighted by atomic mass is 10.1. The normalized spacial score (nSPS) is 24.7. The fourth-order valence-corrected chi connectivity index (χ4v) is 1.97. The van der Waals surface area contributed by atoms with Crippen molar-refractivity contribution in [3.05, 3.63) is 23.9 Å². The van der Waals surface area contributed by atoms with E-state index in [-0.39, 0.29) is 6.04 Å². The van der Waals surface area contributed by atoms with Crippen molar-refractivity contribution >= 4 is 5.82 Å². The van der Waals surface area contributed by atoms with Gasteiger partial charge in [0.2, 0.25) is 0 Å². The molecule has 0 bridgehead atoms. The van der Waals surface area contributed by atoms with Gasteiger partial charge in [0.15, 0.2) is 0 Å². The summed E-state index contributed by atoms with van der Waals surface area (Å²) in [5, 5.41) is 7.67. The molecule has 2 unspecified atom stereocenters. The highest BCUT2D eigenvalue weighted by molar-refractivity contribution is 5.36. The van der Waals surface area contributed by atoms with E-state index in [4.69, 9.17) is 5.73 Å². The first-order valence-corrected chi connectivity index (χ1v) is 5.33. The minimum Gasteiger partial charge on any atom is -0.370 e. The number of nitrogens with zero attached hydrogens (tertiary/aromatic N) is 2. The fourth-order valence-electron chi connectivity index (χ4n) is 1.97. The summed E-state index contributed by atoms with van der Waals surface area (Å²) in [5.74, 6) is 1.62. The molecule has 1 aromatic rings. The molecule has 82 valence electrons. The second kappa shape index (κ2) is 4.06. The van der Waals surface area contributed by atoms with Crippen molar-refractivity contribution in [2.24, 2.45) is 18.7 Å². The Morgan fingerprint density at radius 2 is 2.40 bits per heavy atom. The summed E-state index contributed by atoms with van der Waals surface area (Å²) in [6.07, 6.45) is 5.32. The second-order valence-electron chi connectivity index (χ2n) is 4.22. The first-order chi connectivity index (χ1) is 7.15. The van der Waals surface area contributed by atoms with Crippen molar-refractivity contribution in [1.82, 2.24) is 9.78 Å². The molecule has 2 atom stereocenters. The van der Waals surface area contributed by atoms with E-state index in [1.165, 1.54) is 0 Å². The van der Waals surface area contributed by atoms with Crippen LogP contribution in [-0.2, 0) is 7.05 Å². The van der Waals surface area contributed by atoms with E-state index in [9.17, 15) is 0 Å². The van der Waals surface area contributed by atoms with Gasteiger partial charge in [0.05, 0.1) is 5.69 Å². The summed E-state index contributed by atoms with van der Waals surface area (Å²) in [4.78, 5) is 0. The lowest BCUT2D eigenvalue weighted by molar-refractivity contribution is 0.611. The van der Waals surface area contributed by atoms with Gasteiger partial charge in [-0.2, -0.15) is 5.10 Å². The van der Waals surface area contributed by atoms with Crippen LogP contribution in [0.5, 0.6) is 0 Å². The lowest BCUT2D eigenvalue weighted by Crippen LogP contribution is -2.19. The zero-order valence-corrected chi connectivity index (χ0v) is 9.27. The molecule has 2 rings (SSSR count). The average molecular weight is 206 g/mol. The molecule has 1 heterocycles. The number of nitrogens with one attached hydrogen (secondary N) is 1. The number of anilines is 1. The monoisotopic (exact) mass is 206 g/mol. The van der Waals surface area contributed by atoms with Crippen LogP contribution in [0.2, 0.25) is 0 Å². The van der Waals surface area contributed by atoms with Crippen LogP contribution >= 0.6 is 0 Å². The summed E-state index contributed by atoms with van der Waals surface area (Å²) in [7, 11) is 1.95. The van der Waals surface area contributed by atoms with Gasteiger partial charge in [-0.05, 0) is 19.3 Å². The number of rotatable bonds is 3. The van der Waals surface area contributed by atoms with E-state index in [2.05, 4.69) is 28.6 Å². The molecule has 3 N–H and O–H groups in total. The van der Waals surface area contributed by atoms with Crippen LogP contribution in [0.3, 0.4) is 0 Å². The standard InChI is InChI=1S/C11H18N4/c1-8-5-11(15(2)14-8)13-7-9-3-4-10(12)6-9/h3-5,9-10,13H,6-7,12H2,1-2H3. The van der Waals surface area contributed by atoms with E-state index in [1.54, 1.807) is 0 Å². The van der Waals surface area contributed by atoms with Gasteiger partial charge in [-0.25, -0.2) is 0 Å². The molecule has 4 heteroatoms. The molecule has 1 aliphatic rings. The van der Waals surface area contributed by atoms with Gasteiger partial charge in [-0.15, -0.1) is 0 Å². The number of aryl methyl sites for hydroxylation is 2. The molecule has 0 saturated carbocycles. The fraction of sp³-hybridized carbons (Fsp3) is 0.545. The maximum atomic E-state index is 5.80. The van der Waals surface area contributed by atoms with Gasteiger partial charge in [0, 0.05) is 25.7 Å². The molecule has 0 fully saturated rings. The minimum absolute atomic E-state index is 0.241. The number of aromatic nitrogens is 2. The van der Waals surface area contributed by atoms with E-state index in [1.807, 2.05) is 18.7 Å². The van der Waals surface area contributed by atoms with Gasteiger partial charge in [-0.3, -0.25) is 4.68 Å². The molecule has 4 nitrogen and oxygen atoms in total. The maximum absolute atomic E-state index is 5.80. The van der Waals surface area contributed by atoms with Crippen molar-refractivity contribution in [2.75, 3.05) is 11.9 Å². The number of nitrogens with two attached hydrogens (primary N) is 1. The molecule has 0 saturated heterocycles. The maximum Gasteiger partial charge on any atom is 0.124 e. The Hall–Kier alpha value is -1.29. The minimum atomic E-state index is 0.241. The quantitative estimate of drug-likeness (QED) is 0.727. The van der Waals surface area contributed by atoms with E-state index >= 15 is 0 Å². The summed E-state index contributed by atoms with van der Waals surface area (Å²) >= 11 is 0. The SMILES string of the molecule is Cc1cc(NCC2C=CC(N)C2)n(C)n1. The Morgan fingerprint density at radius 3 is 2.93 bits per heavy atom. The first kappa shape index (κ1) is 10.2. The van der Waals surface area contributed by atoms with Crippen molar-refractivity contribution in [3.63, 3.8) is 0 Å². The smallest absolute Gasteiger partial charge is 0.124 e. The summed E-state index contributed by atoms with van der Waals surface area (Å²) in [6, 6.07) is 2.29. The molecule has 15 heavy (non-hydrogen) atoms. The van der Waals surface area contributed by atoms with Gasteiger partial charge < -0.3 is 11.1 Å². The van der Waals surface area contributed by atoms with E-state index in [0.717, 1.165) is 24.5 Å². The van der Waals surface area contributed by atoms with Gasteiger partial charge in [-0.1, -0.05) is 12.2 Å². The zero-order valence-electron chi connectivity index (χ0n) is 9.27. The number of hydrogen-bond acceptors (Lipinski definition) is 3. The molecule has 1 aromatic heterocycles. The highest BCUT2D eigenvalue weighted by Crippen LogP contribution is 2.17. The third-order valence-electron chi connectivity index (χ3n) is 2.75. The predicted molar refractivity (Wildman–Crippen MR) is 61.7 cm³/mol. The highest BCUT2D eigenvalue weighted by atomic mass is 15.3. The Balaban J connectivity index is 1.88. The topological polar surface area (TPSA) is 55.9 Å². The summed E-state index contributed by atoms with van der Waals surface area (Å²) in [6.45, 7) is 2.93. The van der Waals surface area contributed by atoms with Crippen LogP contribution in [0.1, 0.15) is 12.1 Å². The highest BCUT2D eigenvalue weighted by Gasteiger charge is 2.15. The predicted octanol–water partition coefficient (Wildman–Crippen LogP) is 1.04. The van der Waals surface area contributed by atoms with E-state index in [0.29, 0.717) is 5.92 Å². The largest absolute Gasteiger partial charge is 0.370 e. The summed E-state index contributed by atoms with van der Waals surface area (Å²) < 4.78 is 1.87. The first-order valence-electron chi connectivity index (χ1n) is 5.33. The van der Waals surface area contributed by atoms with Gasteiger partial charge in [0.1, 0.15) is 5.82 Å². The molecule has 0 aromatic carbocycles. The van der Waals surface area contributed by atoms with Crippen molar-refractivity contribution < 1.29 is 0 Å². The molecule has 1 aliphatic carbocycles. The summed E-state index contributed by atoms with van der Waals surface area (Å²) in [5.41, 5.74) is 6.84. The van der Waals surface area contributed by atoms with Gasteiger partial charge >= 0.3 is 0 Å². The molecule has 0 spiro atoms. The molecule has 0 radical (unpaired) electrons.